The van der Waals surface area contributed by atoms with Gasteiger partial charge in [-0.1, -0.05) is 0 Å². The molecule has 1 atom stereocenters. The maximum Gasteiger partial charge on any atom is 1.00 e. The summed E-state index contributed by atoms with van der Waals surface area (Å²) in [4.78, 5) is 0. The van der Waals surface area contributed by atoms with Crippen molar-refractivity contribution in [3.8, 4) is 0 Å². The van der Waals surface area contributed by atoms with Crippen molar-refractivity contribution in [1.82, 2.24) is 0 Å². The molecular formula is C5H15ClNNaO2P+. The van der Waals surface area contributed by atoms with Crippen LogP contribution in [0.3, 0.4) is 0 Å². The Morgan fingerprint density at radius 1 is 1.45 bits per heavy atom. The number of quaternary nitrogens is 1. The Kier molecular flexibility index (Phi) is 15.5. The normalized spacial score (nSPS) is 10.1. The van der Waals surface area contributed by atoms with E-state index in [1.54, 1.807) is 0 Å². The minimum Gasteiger partial charge on any atom is -1.00 e. The van der Waals surface area contributed by atoms with Crippen LogP contribution in [0.25, 0.3) is 0 Å². The number of likely N-dealkylation sites (N-methyl/N-ethyl adjacent to an activating group) is 1. The Bertz CT molecular complexity index is 104. The molecule has 1 unspecified atom stereocenters. The number of hydrogen-bond acceptors (Lipinski definition) is 2. The van der Waals surface area contributed by atoms with Crippen molar-refractivity contribution in [3.05, 3.63) is 0 Å². The van der Waals surface area contributed by atoms with Gasteiger partial charge in [0.05, 0.1) is 21.1 Å². The standard InChI is InChI=1S/C5H14NO2P.ClH.Na.H/c1-6(2,3)4-5-8-9-7;;;/h9H,4-5H2,1-3H3;1H;;/q+2;;+1;-1/p-1. The molecule has 0 N–H and O–H groups in total. The molecule has 0 aliphatic carbocycles. The molecule has 0 aromatic heterocycles. The third-order valence-corrected chi connectivity index (χ3v) is 1.25. The first-order valence-corrected chi connectivity index (χ1v) is 3.67. The zero-order valence-corrected chi connectivity index (χ0v) is 11.3. The van der Waals surface area contributed by atoms with E-state index >= 15 is 0 Å². The number of rotatable bonds is 4. The zero-order valence-electron chi connectivity index (χ0n) is 8.56. The van der Waals surface area contributed by atoms with Crippen molar-refractivity contribution in [3.63, 3.8) is 0 Å². The van der Waals surface area contributed by atoms with E-state index in [1.807, 2.05) is 0 Å². The predicted molar refractivity (Wildman–Crippen MR) is 39.0 cm³/mol. The van der Waals surface area contributed by atoms with Crippen LogP contribution in [-0.4, -0.2) is 38.8 Å². The quantitative estimate of drug-likeness (QED) is 0.201. The van der Waals surface area contributed by atoms with Gasteiger partial charge in [-0.15, -0.1) is 4.52 Å². The van der Waals surface area contributed by atoms with Gasteiger partial charge in [0.25, 0.3) is 0 Å². The average molecular weight is 211 g/mol. The van der Waals surface area contributed by atoms with Crippen LogP contribution in [0, 0.1) is 0 Å². The third-order valence-electron chi connectivity index (χ3n) is 0.923. The fraction of sp³-hybridized carbons (Fsp3) is 1.00. The van der Waals surface area contributed by atoms with Gasteiger partial charge in [0.1, 0.15) is 6.54 Å². The fourth-order valence-corrected chi connectivity index (χ4v) is 0.536. The van der Waals surface area contributed by atoms with Gasteiger partial charge in [0.2, 0.25) is 0 Å². The van der Waals surface area contributed by atoms with Gasteiger partial charge < -0.3 is 18.3 Å². The van der Waals surface area contributed by atoms with Crippen LogP contribution in [0.15, 0.2) is 0 Å². The summed E-state index contributed by atoms with van der Waals surface area (Å²) in [6, 6.07) is 0. The molecule has 0 heterocycles. The van der Waals surface area contributed by atoms with Gasteiger partial charge in [-0.2, -0.15) is 0 Å². The Morgan fingerprint density at radius 3 is 2.18 bits per heavy atom. The number of hydrogen-bond donors (Lipinski definition) is 0. The first-order chi connectivity index (χ1) is 4.06. The van der Waals surface area contributed by atoms with E-state index in [0.29, 0.717) is 6.61 Å². The Hall–Kier alpha value is 1.31. The summed E-state index contributed by atoms with van der Waals surface area (Å²) in [5.74, 6) is 0. The molecule has 0 rings (SSSR count). The zero-order chi connectivity index (χ0) is 7.33. The summed E-state index contributed by atoms with van der Waals surface area (Å²) < 4.78 is 15.3. The molecule has 0 aromatic rings. The molecular weight excluding hydrogens is 195 g/mol. The fourth-order valence-electron chi connectivity index (χ4n) is 0.361. The van der Waals surface area contributed by atoms with E-state index in [9.17, 15) is 4.57 Å². The van der Waals surface area contributed by atoms with Crippen LogP contribution < -0.4 is 42.0 Å². The van der Waals surface area contributed by atoms with Crippen LogP contribution >= 0.6 is 8.69 Å². The molecule has 0 aliphatic rings. The summed E-state index contributed by atoms with van der Waals surface area (Å²) in [5.41, 5.74) is 0. The predicted octanol–water partition coefficient (Wildman–Crippen LogP) is -5.23. The van der Waals surface area contributed by atoms with Gasteiger partial charge in [0, 0.05) is 0 Å². The van der Waals surface area contributed by atoms with Gasteiger partial charge in [-0.05, 0) is 4.57 Å². The van der Waals surface area contributed by atoms with E-state index in [4.69, 9.17) is 0 Å². The second kappa shape index (κ2) is 9.40. The first-order valence-electron chi connectivity index (χ1n) is 2.85. The van der Waals surface area contributed by atoms with Crippen molar-refractivity contribution in [2.75, 3.05) is 34.3 Å². The summed E-state index contributed by atoms with van der Waals surface area (Å²) in [6.07, 6.45) is 0. The van der Waals surface area contributed by atoms with Crippen molar-refractivity contribution in [2.24, 2.45) is 0 Å². The van der Waals surface area contributed by atoms with Gasteiger partial charge >= 0.3 is 38.2 Å². The second-order valence-electron chi connectivity index (χ2n) is 2.95. The number of halogens is 1. The van der Waals surface area contributed by atoms with Gasteiger partial charge in [0.15, 0.2) is 6.61 Å². The molecule has 64 valence electrons. The Morgan fingerprint density at radius 2 is 1.91 bits per heavy atom. The monoisotopic (exact) mass is 210 g/mol. The van der Waals surface area contributed by atoms with Crippen molar-refractivity contribution in [1.29, 1.82) is 0 Å². The van der Waals surface area contributed by atoms with Crippen LogP contribution in [0.4, 0.5) is 0 Å². The molecule has 0 aromatic carbocycles. The van der Waals surface area contributed by atoms with Crippen LogP contribution in [-0.2, 0) is 9.09 Å². The maximum absolute atomic E-state index is 9.81. The summed E-state index contributed by atoms with van der Waals surface area (Å²) in [5, 5.41) is 0. The molecule has 0 spiro atoms. The van der Waals surface area contributed by atoms with E-state index in [0.717, 1.165) is 11.0 Å². The molecule has 3 nitrogen and oxygen atoms in total. The maximum atomic E-state index is 9.81. The minimum absolute atomic E-state index is 0. The van der Waals surface area contributed by atoms with E-state index in [2.05, 4.69) is 25.7 Å². The Balaban J connectivity index is -0.000000107. The molecule has 0 aliphatic heterocycles. The second-order valence-corrected chi connectivity index (χ2v) is 3.40. The molecule has 0 amide bonds. The molecule has 11 heavy (non-hydrogen) atoms. The minimum atomic E-state index is -0.616. The number of nitrogens with zero attached hydrogens (tertiary/aromatic N) is 1. The van der Waals surface area contributed by atoms with E-state index in [-0.39, 0.29) is 43.4 Å². The SMILES string of the molecule is C[N+](C)(C)CCO[PH+]=O.[Cl-].[H-].[Na+]. The molecule has 0 radical (unpaired) electrons. The van der Waals surface area contributed by atoms with Gasteiger partial charge in [-0.25, -0.2) is 0 Å². The van der Waals surface area contributed by atoms with E-state index in [1.165, 1.54) is 0 Å². The molecule has 6 heteroatoms. The summed E-state index contributed by atoms with van der Waals surface area (Å²) >= 11 is 0. The van der Waals surface area contributed by atoms with Crippen LogP contribution in [0.5, 0.6) is 0 Å². The van der Waals surface area contributed by atoms with Crippen molar-refractivity contribution < 1.29 is 57.0 Å². The largest absolute Gasteiger partial charge is 1.00 e. The van der Waals surface area contributed by atoms with Crippen LogP contribution in [0.2, 0.25) is 0 Å². The van der Waals surface area contributed by atoms with Crippen LogP contribution in [0.1, 0.15) is 1.43 Å². The van der Waals surface area contributed by atoms with E-state index < -0.39 is 8.69 Å². The van der Waals surface area contributed by atoms with Crippen molar-refractivity contribution >= 4 is 8.69 Å². The Labute approximate surface area is 99.5 Å². The summed E-state index contributed by atoms with van der Waals surface area (Å²) in [6.45, 7) is 1.47. The molecule has 0 saturated heterocycles. The van der Waals surface area contributed by atoms with Gasteiger partial charge in [-0.3, -0.25) is 0 Å². The summed E-state index contributed by atoms with van der Waals surface area (Å²) in [7, 11) is 5.58. The molecule has 0 fully saturated rings. The average Bonchev–Trinajstić information content (AvgIpc) is 1.63. The first kappa shape index (κ1) is 18.2. The topological polar surface area (TPSA) is 26.3 Å². The smallest absolute Gasteiger partial charge is 1.00 e. The molecule has 0 saturated carbocycles. The molecule has 0 bridgehead atoms. The third kappa shape index (κ3) is 18.3. The van der Waals surface area contributed by atoms with Crippen molar-refractivity contribution in [2.45, 2.75) is 0 Å².